The fourth-order valence-corrected chi connectivity index (χ4v) is 2.35. The van der Waals surface area contributed by atoms with E-state index in [9.17, 15) is 19.5 Å². The Morgan fingerprint density at radius 2 is 1.55 bits per heavy atom. The van der Waals surface area contributed by atoms with Gasteiger partial charge in [0, 0.05) is 28.7 Å². The molecular weight excluding hydrogens is 256 g/mol. The molecule has 1 unspecified atom stereocenters. The van der Waals surface area contributed by atoms with E-state index in [1.54, 1.807) is 27.7 Å². The maximum Gasteiger partial charge on any atom is 0.185 e. The zero-order valence-corrected chi connectivity index (χ0v) is 12.6. The fourth-order valence-electron chi connectivity index (χ4n) is 2.35. The van der Waals surface area contributed by atoms with Crippen LogP contribution in [0.2, 0.25) is 0 Å². The monoisotopic (exact) mass is 278 g/mol. The van der Waals surface area contributed by atoms with Crippen LogP contribution in [0.3, 0.4) is 0 Å². The summed E-state index contributed by atoms with van der Waals surface area (Å²) >= 11 is 0. The van der Waals surface area contributed by atoms with Crippen LogP contribution >= 0.6 is 0 Å². The summed E-state index contributed by atoms with van der Waals surface area (Å²) in [6, 6.07) is 0. The number of ketones is 2. The molecule has 0 saturated heterocycles. The zero-order valence-electron chi connectivity index (χ0n) is 12.6. The highest BCUT2D eigenvalue weighted by atomic mass is 16.3. The van der Waals surface area contributed by atoms with E-state index in [1.807, 2.05) is 0 Å². The first kappa shape index (κ1) is 16.5. The van der Waals surface area contributed by atoms with Crippen LogP contribution in [0.1, 0.15) is 53.4 Å². The number of aldehydes is 1. The molecule has 1 aliphatic carbocycles. The van der Waals surface area contributed by atoms with Crippen LogP contribution in [0.25, 0.3) is 0 Å². The van der Waals surface area contributed by atoms with E-state index in [0.717, 1.165) is 6.29 Å². The average molecular weight is 278 g/mol. The number of hydrogen-bond acceptors (Lipinski definition) is 4. The van der Waals surface area contributed by atoms with E-state index < -0.39 is 5.60 Å². The third-order valence-electron chi connectivity index (χ3n) is 4.03. The molecule has 0 fully saturated rings. The molecule has 4 nitrogen and oxygen atoms in total. The molecular formula is C16H22O4. The van der Waals surface area contributed by atoms with Crippen molar-refractivity contribution in [3.05, 3.63) is 22.3 Å². The summed E-state index contributed by atoms with van der Waals surface area (Å²) in [6.07, 6.45) is 2.13. The molecule has 0 saturated carbocycles. The van der Waals surface area contributed by atoms with Gasteiger partial charge in [-0.1, -0.05) is 0 Å². The van der Waals surface area contributed by atoms with Gasteiger partial charge < -0.3 is 9.90 Å². The van der Waals surface area contributed by atoms with E-state index in [0.29, 0.717) is 41.6 Å². The fraction of sp³-hybridized carbons (Fsp3) is 0.562. The Balaban J connectivity index is 2.85. The number of carbonyl (C=O) groups is 3. The van der Waals surface area contributed by atoms with Crippen LogP contribution in [0, 0.1) is 0 Å². The molecule has 0 bridgehead atoms. The maximum atomic E-state index is 12.2. The van der Waals surface area contributed by atoms with Gasteiger partial charge in [-0.05, 0) is 47.0 Å². The summed E-state index contributed by atoms with van der Waals surface area (Å²) in [5, 5.41) is 10.1. The van der Waals surface area contributed by atoms with Gasteiger partial charge in [-0.15, -0.1) is 0 Å². The quantitative estimate of drug-likeness (QED) is 0.598. The summed E-state index contributed by atoms with van der Waals surface area (Å²) in [4.78, 5) is 34.6. The first-order valence-corrected chi connectivity index (χ1v) is 6.84. The van der Waals surface area contributed by atoms with Crippen LogP contribution in [0.5, 0.6) is 0 Å². The van der Waals surface area contributed by atoms with Gasteiger partial charge in [-0.2, -0.15) is 0 Å². The van der Waals surface area contributed by atoms with E-state index >= 15 is 0 Å². The lowest BCUT2D eigenvalue weighted by Crippen LogP contribution is -2.27. The van der Waals surface area contributed by atoms with Crippen molar-refractivity contribution in [1.82, 2.24) is 0 Å². The summed E-state index contributed by atoms with van der Waals surface area (Å²) in [7, 11) is 0. The molecule has 0 radical (unpaired) electrons. The first-order valence-electron chi connectivity index (χ1n) is 6.84. The van der Waals surface area contributed by atoms with Crippen molar-refractivity contribution >= 4 is 17.9 Å². The normalized spacial score (nSPS) is 19.4. The largest absolute Gasteiger partial charge is 0.390 e. The minimum Gasteiger partial charge on any atom is -0.390 e. The second kappa shape index (κ2) is 6.27. The molecule has 0 aromatic rings. The van der Waals surface area contributed by atoms with Crippen LogP contribution in [0.15, 0.2) is 22.3 Å². The van der Waals surface area contributed by atoms with Crippen LogP contribution in [0.4, 0.5) is 0 Å². The van der Waals surface area contributed by atoms with Crippen molar-refractivity contribution < 1.29 is 19.5 Å². The third-order valence-corrected chi connectivity index (χ3v) is 4.03. The molecule has 0 spiro atoms. The van der Waals surface area contributed by atoms with Crippen molar-refractivity contribution in [2.75, 3.05) is 0 Å². The van der Waals surface area contributed by atoms with Crippen molar-refractivity contribution in [2.24, 2.45) is 0 Å². The van der Waals surface area contributed by atoms with E-state index in [1.165, 1.54) is 0 Å². The molecule has 1 rings (SSSR count). The van der Waals surface area contributed by atoms with Gasteiger partial charge in [-0.25, -0.2) is 0 Å². The zero-order chi connectivity index (χ0) is 15.5. The van der Waals surface area contributed by atoms with E-state index in [2.05, 4.69) is 0 Å². The highest BCUT2D eigenvalue weighted by molar-refractivity contribution is 6.24. The topological polar surface area (TPSA) is 71.4 Å². The van der Waals surface area contributed by atoms with Gasteiger partial charge in [0.15, 0.2) is 11.6 Å². The number of Topliss-reactive ketones (excluding diaryl/α,β-unsaturated/α-hetero) is 2. The van der Waals surface area contributed by atoms with Crippen LogP contribution in [-0.2, 0) is 14.4 Å². The lowest BCUT2D eigenvalue weighted by molar-refractivity contribution is -0.116. The maximum absolute atomic E-state index is 12.2. The number of rotatable bonds is 6. The molecule has 110 valence electrons. The van der Waals surface area contributed by atoms with Gasteiger partial charge in [0.1, 0.15) is 6.29 Å². The molecule has 1 atom stereocenters. The van der Waals surface area contributed by atoms with Crippen LogP contribution in [-0.4, -0.2) is 28.6 Å². The highest BCUT2D eigenvalue weighted by Crippen LogP contribution is 2.29. The number of carbonyl (C=O) groups excluding carboxylic acids is 3. The Bertz CT molecular complexity index is 507. The second-order valence-corrected chi connectivity index (χ2v) is 5.71. The Kier molecular flexibility index (Phi) is 5.17. The minimum absolute atomic E-state index is 0.0929. The summed E-state index contributed by atoms with van der Waals surface area (Å²) in [5.74, 6) is -0.199. The highest BCUT2D eigenvalue weighted by Gasteiger charge is 2.29. The number of aliphatic hydroxyl groups is 1. The second-order valence-electron chi connectivity index (χ2n) is 5.71. The molecule has 0 aromatic heterocycles. The number of hydrogen-bond donors (Lipinski definition) is 1. The van der Waals surface area contributed by atoms with Gasteiger partial charge in [0.25, 0.3) is 0 Å². The van der Waals surface area contributed by atoms with Crippen molar-refractivity contribution in [1.29, 1.82) is 0 Å². The lowest BCUT2D eigenvalue weighted by atomic mass is 9.82. The molecule has 4 heteroatoms. The molecule has 20 heavy (non-hydrogen) atoms. The Morgan fingerprint density at radius 3 is 2.10 bits per heavy atom. The SMILES string of the molecule is CC1=C(C)C(=O)C(CCC(C)(O)CCC=O)=C(C)C1=O. The predicted molar refractivity (Wildman–Crippen MR) is 76.2 cm³/mol. The Hall–Kier alpha value is -1.55. The summed E-state index contributed by atoms with van der Waals surface area (Å²) < 4.78 is 0. The van der Waals surface area contributed by atoms with Gasteiger partial charge in [0.2, 0.25) is 0 Å². The van der Waals surface area contributed by atoms with E-state index in [-0.39, 0.29) is 18.0 Å². The van der Waals surface area contributed by atoms with Crippen molar-refractivity contribution in [3.8, 4) is 0 Å². The van der Waals surface area contributed by atoms with Gasteiger partial charge in [0.05, 0.1) is 5.60 Å². The molecule has 0 aromatic carbocycles. The molecule has 0 heterocycles. The lowest BCUT2D eigenvalue weighted by Gasteiger charge is -2.25. The third kappa shape index (κ3) is 3.51. The number of allylic oxidation sites excluding steroid dienone is 4. The van der Waals surface area contributed by atoms with Crippen LogP contribution < -0.4 is 0 Å². The Morgan fingerprint density at radius 1 is 1.00 bits per heavy atom. The minimum atomic E-state index is -0.998. The smallest absolute Gasteiger partial charge is 0.185 e. The average Bonchev–Trinajstić information content (AvgIpc) is 2.40. The van der Waals surface area contributed by atoms with Gasteiger partial charge >= 0.3 is 0 Å². The summed E-state index contributed by atoms with van der Waals surface area (Å²) in [6.45, 7) is 6.63. The first-order chi connectivity index (χ1) is 9.21. The van der Waals surface area contributed by atoms with Gasteiger partial charge in [-0.3, -0.25) is 9.59 Å². The predicted octanol–water partition coefficient (Wildman–Crippen LogP) is 2.30. The van der Waals surface area contributed by atoms with Crippen molar-refractivity contribution in [3.63, 3.8) is 0 Å². The Labute approximate surface area is 119 Å². The summed E-state index contributed by atoms with van der Waals surface area (Å²) in [5.41, 5.74) is 0.961. The van der Waals surface area contributed by atoms with Crippen molar-refractivity contribution in [2.45, 2.75) is 59.0 Å². The van der Waals surface area contributed by atoms with E-state index in [4.69, 9.17) is 0 Å². The molecule has 1 aliphatic rings. The standard InChI is InChI=1S/C16H22O4/c1-10-11(2)15(19)13(12(3)14(10)18)6-8-16(4,20)7-5-9-17/h9,20H,5-8H2,1-4H3. The molecule has 0 amide bonds. The molecule has 0 aliphatic heterocycles. The molecule has 1 N–H and O–H groups in total.